The molecule has 0 amide bonds. The second kappa shape index (κ2) is 3.88. The molecule has 0 unspecified atom stereocenters. The number of carbonyl (C=O) groups is 2. The third-order valence-corrected chi connectivity index (χ3v) is 0.621. The zero-order valence-electron chi connectivity index (χ0n) is 5.09. The minimum atomic E-state index is -0.962. The molecule has 0 aromatic carbocycles. The van der Waals surface area contributed by atoms with Crippen LogP contribution in [0, 0.1) is 0 Å². The highest BCUT2D eigenvalue weighted by molar-refractivity contribution is 5.68. The molecule has 0 saturated carbocycles. The van der Waals surface area contributed by atoms with E-state index < -0.39 is 11.9 Å². The summed E-state index contributed by atoms with van der Waals surface area (Å²) in [7, 11) is 0. The molecule has 0 aliphatic carbocycles. The molecule has 0 fully saturated rings. The van der Waals surface area contributed by atoms with Crippen molar-refractivity contribution in [1.29, 1.82) is 0 Å². The summed E-state index contributed by atoms with van der Waals surface area (Å²) in [5, 5.41) is 8.04. The molecule has 0 atom stereocenters. The van der Waals surface area contributed by atoms with E-state index in [1.807, 2.05) is 0 Å². The average molecular weight is 132 g/mol. The molecule has 0 radical (unpaired) electrons. The van der Waals surface area contributed by atoms with Crippen molar-refractivity contribution >= 4 is 11.9 Å². The van der Waals surface area contributed by atoms with Crippen LogP contribution in [0.1, 0.15) is 13.3 Å². The minimum Gasteiger partial charge on any atom is -0.481 e. The molecule has 0 spiro atoms. The van der Waals surface area contributed by atoms with E-state index in [-0.39, 0.29) is 13.0 Å². The monoisotopic (exact) mass is 132 g/mol. The van der Waals surface area contributed by atoms with Gasteiger partial charge in [-0.3, -0.25) is 9.59 Å². The lowest BCUT2D eigenvalue weighted by molar-refractivity contribution is -0.144. The van der Waals surface area contributed by atoms with Gasteiger partial charge in [0.05, 0.1) is 6.42 Å². The highest BCUT2D eigenvalue weighted by Gasteiger charge is 1.97. The van der Waals surface area contributed by atoms with Crippen LogP contribution in [0.3, 0.4) is 0 Å². The Balaban J connectivity index is 3.10. The molecule has 0 aromatic heterocycles. The number of ether oxygens (including phenoxy) is 1. The fourth-order valence-electron chi connectivity index (χ4n) is 0.282. The lowest BCUT2D eigenvalue weighted by Crippen LogP contribution is -2.05. The van der Waals surface area contributed by atoms with E-state index in [2.05, 4.69) is 4.74 Å². The van der Waals surface area contributed by atoms with Crippen molar-refractivity contribution < 1.29 is 19.4 Å². The predicted octanol–water partition coefficient (Wildman–Crippen LogP) is 0.0242. The van der Waals surface area contributed by atoms with Gasteiger partial charge in [-0.15, -0.1) is 0 Å². The number of rotatable bonds is 3. The fraction of sp³-hybridized carbons (Fsp3) is 0.600. The first kappa shape index (κ1) is 7.94. The Kier molecular flexibility index (Phi) is 3.43. The summed E-state index contributed by atoms with van der Waals surface area (Å²) in [4.78, 5) is 19.8. The van der Waals surface area contributed by atoms with Gasteiger partial charge in [-0.1, -0.05) is 0 Å². The molecule has 4 nitrogen and oxygen atoms in total. The Morgan fingerprint density at radius 2 is 2.11 bits per heavy atom. The van der Waals surface area contributed by atoms with Crippen molar-refractivity contribution in [1.82, 2.24) is 0 Å². The Labute approximate surface area is 52.4 Å². The Morgan fingerprint density at radius 1 is 1.56 bits per heavy atom. The van der Waals surface area contributed by atoms with Crippen LogP contribution in [0.2, 0.25) is 0 Å². The molecule has 0 aromatic rings. The number of carboxylic acids is 1. The van der Waals surface area contributed by atoms with Gasteiger partial charge in [0, 0.05) is 6.92 Å². The number of hydrogen-bond acceptors (Lipinski definition) is 3. The zero-order valence-corrected chi connectivity index (χ0v) is 5.09. The van der Waals surface area contributed by atoms with Crippen LogP contribution in [-0.2, 0) is 14.3 Å². The molecule has 0 aliphatic heterocycles. The Bertz CT molecular complexity index is 104. The molecule has 9 heavy (non-hydrogen) atoms. The molecule has 4 heteroatoms. The first-order chi connectivity index (χ1) is 4.13. The Hall–Kier alpha value is -1.06. The van der Waals surface area contributed by atoms with Gasteiger partial charge in [0.1, 0.15) is 6.61 Å². The van der Waals surface area contributed by atoms with Gasteiger partial charge in [0.25, 0.3) is 0 Å². The molecule has 0 saturated heterocycles. The molecule has 0 rings (SSSR count). The van der Waals surface area contributed by atoms with E-state index in [0.717, 1.165) is 0 Å². The van der Waals surface area contributed by atoms with Gasteiger partial charge in [-0.2, -0.15) is 0 Å². The standard InChI is InChI=1S/C5H8O4/c1-4(6)9-3-2-5(7)8/h2-3H2,1H3,(H,7,8). The van der Waals surface area contributed by atoms with Gasteiger partial charge in [-0.05, 0) is 0 Å². The van der Waals surface area contributed by atoms with E-state index >= 15 is 0 Å². The fourth-order valence-corrected chi connectivity index (χ4v) is 0.282. The van der Waals surface area contributed by atoms with Gasteiger partial charge in [-0.25, -0.2) is 0 Å². The van der Waals surface area contributed by atoms with Crippen LogP contribution in [-0.4, -0.2) is 23.7 Å². The maximum Gasteiger partial charge on any atom is 0.306 e. The van der Waals surface area contributed by atoms with Gasteiger partial charge in [0.15, 0.2) is 0 Å². The zero-order chi connectivity index (χ0) is 7.28. The maximum absolute atomic E-state index is 10.0. The van der Waals surface area contributed by atoms with Crippen molar-refractivity contribution in [2.45, 2.75) is 13.3 Å². The second-order valence-corrected chi connectivity index (χ2v) is 1.48. The smallest absolute Gasteiger partial charge is 0.306 e. The van der Waals surface area contributed by atoms with Crippen LogP contribution < -0.4 is 0 Å². The highest BCUT2D eigenvalue weighted by atomic mass is 16.5. The number of aliphatic carboxylic acids is 1. The first-order valence-electron chi connectivity index (χ1n) is 2.48. The third-order valence-electron chi connectivity index (χ3n) is 0.621. The van der Waals surface area contributed by atoms with Gasteiger partial charge in [0.2, 0.25) is 0 Å². The second-order valence-electron chi connectivity index (χ2n) is 1.48. The molecule has 0 heterocycles. The molecular weight excluding hydrogens is 124 g/mol. The molecular formula is C5H8O4. The number of carboxylic acid groups (broad SMARTS) is 1. The van der Waals surface area contributed by atoms with Crippen LogP contribution >= 0.6 is 0 Å². The van der Waals surface area contributed by atoms with E-state index in [1.165, 1.54) is 6.92 Å². The summed E-state index contributed by atoms with van der Waals surface area (Å²) in [6, 6.07) is 0. The van der Waals surface area contributed by atoms with Crippen molar-refractivity contribution in [3.8, 4) is 0 Å². The van der Waals surface area contributed by atoms with Crippen LogP contribution in [0.4, 0.5) is 0 Å². The summed E-state index contributed by atoms with van der Waals surface area (Å²) in [5.74, 6) is -1.41. The maximum atomic E-state index is 10.0. The van der Waals surface area contributed by atoms with Crippen LogP contribution in [0.25, 0.3) is 0 Å². The predicted molar refractivity (Wildman–Crippen MR) is 28.9 cm³/mol. The summed E-state index contributed by atoms with van der Waals surface area (Å²) in [6.45, 7) is 1.20. The number of hydrogen-bond donors (Lipinski definition) is 1. The van der Waals surface area contributed by atoms with Crippen LogP contribution in [0.15, 0.2) is 0 Å². The molecule has 0 aliphatic rings. The number of esters is 1. The van der Waals surface area contributed by atoms with Crippen molar-refractivity contribution in [3.05, 3.63) is 0 Å². The lowest BCUT2D eigenvalue weighted by atomic mass is 10.5. The van der Waals surface area contributed by atoms with Crippen molar-refractivity contribution in [2.75, 3.05) is 6.61 Å². The van der Waals surface area contributed by atoms with Crippen molar-refractivity contribution in [2.24, 2.45) is 0 Å². The largest absolute Gasteiger partial charge is 0.481 e. The SMILES string of the molecule is CC(=O)OCCC(=O)O. The molecule has 1 N–H and O–H groups in total. The normalized spacial score (nSPS) is 8.56. The summed E-state index contributed by atoms with van der Waals surface area (Å²) in [5.41, 5.74) is 0. The molecule has 52 valence electrons. The summed E-state index contributed by atoms with van der Waals surface area (Å²) in [6.07, 6.45) is -0.125. The first-order valence-corrected chi connectivity index (χ1v) is 2.48. The van der Waals surface area contributed by atoms with E-state index in [9.17, 15) is 9.59 Å². The van der Waals surface area contributed by atoms with E-state index in [0.29, 0.717) is 0 Å². The summed E-state index contributed by atoms with van der Waals surface area (Å²) < 4.78 is 4.33. The molecule has 0 bridgehead atoms. The highest BCUT2D eigenvalue weighted by Crippen LogP contribution is 1.81. The summed E-state index contributed by atoms with van der Waals surface area (Å²) >= 11 is 0. The third kappa shape index (κ3) is 6.94. The quantitative estimate of drug-likeness (QED) is 0.550. The minimum absolute atomic E-state index is 0.0370. The number of carbonyl (C=O) groups excluding carboxylic acids is 1. The van der Waals surface area contributed by atoms with Gasteiger partial charge >= 0.3 is 11.9 Å². The van der Waals surface area contributed by atoms with E-state index in [4.69, 9.17) is 5.11 Å². The van der Waals surface area contributed by atoms with Crippen molar-refractivity contribution in [3.63, 3.8) is 0 Å². The van der Waals surface area contributed by atoms with Crippen LogP contribution in [0.5, 0.6) is 0 Å². The Morgan fingerprint density at radius 3 is 2.44 bits per heavy atom. The topological polar surface area (TPSA) is 63.6 Å². The van der Waals surface area contributed by atoms with Gasteiger partial charge < -0.3 is 9.84 Å². The lowest BCUT2D eigenvalue weighted by Gasteiger charge is -1.95. The van der Waals surface area contributed by atoms with E-state index in [1.54, 1.807) is 0 Å². The average Bonchev–Trinajstić information content (AvgIpc) is 1.63.